The van der Waals surface area contributed by atoms with Crippen LogP contribution in [0, 0.1) is 5.82 Å². The molecule has 1 heterocycles. The van der Waals surface area contributed by atoms with Crippen molar-refractivity contribution in [2.24, 2.45) is 0 Å². The van der Waals surface area contributed by atoms with Gasteiger partial charge < -0.3 is 9.64 Å². The van der Waals surface area contributed by atoms with Crippen LogP contribution in [0.15, 0.2) is 18.2 Å². The normalized spacial score (nSPS) is 20.6. The van der Waals surface area contributed by atoms with Gasteiger partial charge in [-0.05, 0) is 36.6 Å². The minimum absolute atomic E-state index is 0.224. The number of halogens is 2. The Labute approximate surface area is 106 Å². The second kappa shape index (κ2) is 5.69. The molecule has 1 aliphatic rings. The van der Waals surface area contributed by atoms with E-state index in [2.05, 4.69) is 4.90 Å². The molecule has 2 rings (SSSR count). The molecule has 1 aromatic rings. The van der Waals surface area contributed by atoms with E-state index in [-0.39, 0.29) is 11.9 Å². The smallest absolute Gasteiger partial charge is 0.125 e. The summed E-state index contributed by atoms with van der Waals surface area (Å²) in [4.78, 5) is 2.16. The van der Waals surface area contributed by atoms with Crippen molar-refractivity contribution in [1.29, 1.82) is 0 Å². The van der Waals surface area contributed by atoms with E-state index in [0.717, 1.165) is 37.2 Å². The van der Waals surface area contributed by atoms with E-state index in [4.69, 9.17) is 16.3 Å². The van der Waals surface area contributed by atoms with Gasteiger partial charge in [-0.3, -0.25) is 0 Å². The zero-order chi connectivity index (χ0) is 12.3. The Morgan fingerprint density at radius 1 is 1.47 bits per heavy atom. The fourth-order valence-electron chi connectivity index (χ4n) is 2.26. The summed E-state index contributed by atoms with van der Waals surface area (Å²) in [7, 11) is 1.73. The number of piperidine rings is 1. The first-order valence-corrected chi connectivity index (χ1v) is 6.39. The Kier molecular flexibility index (Phi) is 4.24. The summed E-state index contributed by atoms with van der Waals surface area (Å²) in [6.07, 6.45) is 2.39. The van der Waals surface area contributed by atoms with E-state index < -0.39 is 0 Å². The molecule has 0 spiro atoms. The highest BCUT2D eigenvalue weighted by Crippen LogP contribution is 2.24. The zero-order valence-electron chi connectivity index (χ0n) is 9.96. The van der Waals surface area contributed by atoms with Crippen molar-refractivity contribution in [3.8, 4) is 0 Å². The quantitative estimate of drug-likeness (QED) is 0.771. The molecule has 0 bridgehead atoms. The highest BCUT2D eigenvalue weighted by molar-refractivity contribution is 6.17. The third-order valence-corrected chi connectivity index (χ3v) is 3.48. The summed E-state index contributed by atoms with van der Waals surface area (Å²) in [5, 5.41) is 0. The van der Waals surface area contributed by atoms with Gasteiger partial charge in [-0.1, -0.05) is 0 Å². The highest BCUT2D eigenvalue weighted by Gasteiger charge is 2.20. The maximum atomic E-state index is 13.4. The second-order valence-electron chi connectivity index (χ2n) is 4.40. The van der Waals surface area contributed by atoms with Gasteiger partial charge in [0.25, 0.3) is 0 Å². The van der Waals surface area contributed by atoms with Gasteiger partial charge >= 0.3 is 0 Å². The van der Waals surface area contributed by atoms with Crippen LogP contribution in [0.5, 0.6) is 0 Å². The minimum Gasteiger partial charge on any atom is -0.380 e. The Hall–Kier alpha value is -0.800. The average Bonchev–Trinajstić information content (AvgIpc) is 2.38. The van der Waals surface area contributed by atoms with E-state index >= 15 is 0 Å². The van der Waals surface area contributed by atoms with Crippen LogP contribution >= 0.6 is 11.6 Å². The molecule has 0 aromatic heterocycles. The summed E-state index contributed by atoms with van der Waals surface area (Å²) >= 11 is 5.76. The van der Waals surface area contributed by atoms with E-state index in [1.807, 2.05) is 6.07 Å². The van der Waals surface area contributed by atoms with Crippen LogP contribution in [0.4, 0.5) is 10.1 Å². The van der Waals surface area contributed by atoms with Crippen molar-refractivity contribution in [2.45, 2.75) is 24.8 Å². The molecule has 1 aliphatic heterocycles. The number of ether oxygens (including phenoxy) is 1. The molecule has 1 aromatic carbocycles. The van der Waals surface area contributed by atoms with Gasteiger partial charge in [-0.25, -0.2) is 4.39 Å². The molecule has 0 radical (unpaired) electrons. The van der Waals surface area contributed by atoms with Crippen molar-refractivity contribution in [1.82, 2.24) is 0 Å². The Morgan fingerprint density at radius 3 is 3.00 bits per heavy atom. The van der Waals surface area contributed by atoms with Crippen LogP contribution in [-0.4, -0.2) is 26.3 Å². The molecule has 0 aliphatic carbocycles. The van der Waals surface area contributed by atoms with Crippen molar-refractivity contribution in [3.63, 3.8) is 0 Å². The fraction of sp³-hybridized carbons (Fsp3) is 0.538. The fourth-order valence-corrected chi connectivity index (χ4v) is 2.41. The molecule has 17 heavy (non-hydrogen) atoms. The molecular formula is C13H17ClFNO. The third kappa shape index (κ3) is 3.11. The predicted molar refractivity (Wildman–Crippen MR) is 68.2 cm³/mol. The highest BCUT2D eigenvalue weighted by atomic mass is 35.5. The summed E-state index contributed by atoms with van der Waals surface area (Å²) in [6, 6.07) is 5.00. The van der Waals surface area contributed by atoms with E-state index in [9.17, 15) is 4.39 Å². The van der Waals surface area contributed by atoms with Gasteiger partial charge in [0.2, 0.25) is 0 Å². The number of anilines is 1. The number of nitrogens with zero attached hydrogens (tertiary/aromatic N) is 1. The number of benzene rings is 1. The Bertz CT molecular complexity index is 386. The minimum atomic E-state index is -0.224. The summed E-state index contributed by atoms with van der Waals surface area (Å²) in [6.45, 7) is 1.77. The molecule has 94 valence electrons. The average molecular weight is 258 g/mol. The molecule has 0 N–H and O–H groups in total. The van der Waals surface area contributed by atoms with Crippen molar-refractivity contribution in [2.75, 3.05) is 25.1 Å². The maximum Gasteiger partial charge on any atom is 0.125 e. The lowest BCUT2D eigenvalue weighted by Gasteiger charge is -2.33. The first-order chi connectivity index (χ1) is 8.22. The van der Waals surface area contributed by atoms with Gasteiger partial charge in [0.15, 0.2) is 0 Å². The van der Waals surface area contributed by atoms with Gasteiger partial charge in [-0.15, -0.1) is 11.6 Å². The van der Waals surface area contributed by atoms with E-state index in [0.29, 0.717) is 5.88 Å². The zero-order valence-corrected chi connectivity index (χ0v) is 10.7. The lowest BCUT2D eigenvalue weighted by atomic mass is 10.1. The van der Waals surface area contributed by atoms with Gasteiger partial charge in [-0.2, -0.15) is 0 Å². The standard InChI is InChI=1S/C13H17ClFNO/c1-17-13-3-2-4-16(9-13)12-6-10(8-14)5-11(15)7-12/h5-7,13H,2-4,8-9H2,1H3. The van der Waals surface area contributed by atoms with E-state index in [1.54, 1.807) is 13.2 Å². The first-order valence-electron chi connectivity index (χ1n) is 5.86. The van der Waals surface area contributed by atoms with Crippen molar-refractivity contribution >= 4 is 17.3 Å². The largest absolute Gasteiger partial charge is 0.380 e. The lowest BCUT2D eigenvalue weighted by Crippen LogP contribution is -2.39. The number of hydrogen-bond donors (Lipinski definition) is 0. The van der Waals surface area contributed by atoms with Crippen LogP contribution in [0.1, 0.15) is 18.4 Å². The van der Waals surface area contributed by atoms with Crippen molar-refractivity contribution < 1.29 is 9.13 Å². The molecule has 4 heteroatoms. The number of alkyl halides is 1. The molecule has 1 atom stereocenters. The second-order valence-corrected chi connectivity index (χ2v) is 4.66. The summed E-state index contributed by atoms with van der Waals surface area (Å²) in [5.41, 5.74) is 1.73. The molecular weight excluding hydrogens is 241 g/mol. The lowest BCUT2D eigenvalue weighted by molar-refractivity contribution is 0.0893. The van der Waals surface area contributed by atoms with Gasteiger partial charge in [0.05, 0.1) is 6.10 Å². The predicted octanol–water partition coefficient (Wildman–Crippen LogP) is 3.18. The summed E-state index contributed by atoms with van der Waals surface area (Å²) < 4.78 is 18.8. The van der Waals surface area contributed by atoms with Crippen LogP contribution < -0.4 is 4.90 Å². The van der Waals surface area contributed by atoms with Gasteiger partial charge in [0, 0.05) is 31.8 Å². The topological polar surface area (TPSA) is 12.5 Å². The summed E-state index contributed by atoms with van der Waals surface area (Å²) in [5.74, 6) is 0.115. The van der Waals surface area contributed by atoms with Crippen LogP contribution in [0.3, 0.4) is 0 Å². The van der Waals surface area contributed by atoms with Crippen LogP contribution in [0.2, 0.25) is 0 Å². The van der Waals surface area contributed by atoms with Crippen molar-refractivity contribution in [3.05, 3.63) is 29.6 Å². The molecule has 1 saturated heterocycles. The Morgan fingerprint density at radius 2 is 2.29 bits per heavy atom. The molecule has 1 unspecified atom stereocenters. The molecule has 2 nitrogen and oxygen atoms in total. The molecule has 0 amide bonds. The Balaban J connectivity index is 2.18. The van der Waals surface area contributed by atoms with E-state index in [1.165, 1.54) is 6.07 Å². The number of methoxy groups -OCH3 is 1. The third-order valence-electron chi connectivity index (χ3n) is 3.17. The molecule has 0 saturated carbocycles. The number of rotatable bonds is 3. The SMILES string of the molecule is COC1CCCN(c2cc(F)cc(CCl)c2)C1. The van der Waals surface area contributed by atoms with Crippen LogP contribution in [-0.2, 0) is 10.6 Å². The first kappa shape index (κ1) is 12.7. The maximum absolute atomic E-state index is 13.4. The van der Waals surface area contributed by atoms with Gasteiger partial charge in [0.1, 0.15) is 5.82 Å². The molecule has 1 fully saturated rings. The monoisotopic (exact) mass is 257 g/mol. The van der Waals surface area contributed by atoms with Crippen LogP contribution in [0.25, 0.3) is 0 Å². The number of hydrogen-bond acceptors (Lipinski definition) is 2.